The molecule has 0 spiro atoms. The van der Waals surface area contributed by atoms with Crippen molar-refractivity contribution in [2.75, 3.05) is 25.5 Å². The van der Waals surface area contributed by atoms with Crippen LogP contribution in [0.5, 0.6) is 0 Å². The Hall–Kier alpha value is -2.19. The number of hydrogen-bond acceptors (Lipinski definition) is 5. The quantitative estimate of drug-likeness (QED) is 0.778. The molecule has 7 nitrogen and oxygen atoms in total. The van der Waals surface area contributed by atoms with E-state index in [-0.39, 0.29) is 30.9 Å². The molecular formula is C19H23N3O4S. The molecule has 0 unspecified atom stereocenters. The lowest BCUT2D eigenvalue weighted by Gasteiger charge is -2.43. The second-order valence-corrected chi connectivity index (χ2v) is 9.57. The fourth-order valence-electron chi connectivity index (χ4n) is 3.99. The fourth-order valence-corrected chi connectivity index (χ4v) is 5.81. The Kier molecular flexibility index (Phi) is 4.55. The van der Waals surface area contributed by atoms with Crippen LogP contribution in [0.2, 0.25) is 0 Å². The Morgan fingerprint density at radius 2 is 2.11 bits per heavy atom. The summed E-state index contributed by atoms with van der Waals surface area (Å²) in [5, 5.41) is 3.77. The standard InChI is InChI=1S/C19H23N3O4S/c1-13-4-3-5-15(10-13)22-14(2)16(11-20-22)19(23)21-7-9-27(24,25)18-12-26-8-6-17(18)21/h3-5,10-11,17-18H,6-9,12H2,1-2H3/t17-,18-/m0/s1. The molecule has 0 N–H and O–H groups in total. The minimum Gasteiger partial charge on any atom is -0.380 e. The Balaban J connectivity index is 1.65. The van der Waals surface area contributed by atoms with Crippen molar-refractivity contribution >= 4 is 15.7 Å². The molecule has 2 fully saturated rings. The molecule has 2 aromatic rings. The number of carbonyl (C=O) groups is 1. The highest BCUT2D eigenvalue weighted by Crippen LogP contribution is 2.28. The SMILES string of the molecule is Cc1cccc(-n2ncc(C(=O)N3CCS(=O)(=O)[C@H]4COCC[C@@H]43)c2C)c1. The summed E-state index contributed by atoms with van der Waals surface area (Å²) in [6, 6.07) is 7.59. The van der Waals surface area contributed by atoms with Gasteiger partial charge in [-0.25, -0.2) is 13.1 Å². The van der Waals surface area contributed by atoms with Crippen molar-refractivity contribution in [3.63, 3.8) is 0 Å². The summed E-state index contributed by atoms with van der Waals surface area (Å²) < 4.78 is 31.9. The van der Waals surface area contributed by atoms with Crippen LogP contribution in [-0.4, -0.2) is 65.8 Å². The topological polar surface area (TPSA) is 81.5 Å². The van der Waals surface area contributed by atoms with E-state index < -0.39 is 15.1 Å². The summed E-state index contributed by atoms with van der Waals surface area (Å²) >= 11 is 0. The number of aromatic nitrogens is 2. The lowest BCUT2D eigenvalue weighted by atomic mass is 10.0. The molecular weight excluding hydrogens is 366 g/mol. The van der Waals surface area contributed by atoms with E-state index in [4.69, 9.17) is 4.74 Å². The average molecular weight is 389 g/mol. The summed E-state index contributed by atoms with van der Waals surface area (Å²) in [6.45, 7) is 4.73. The number of sulfone groups is 1. The second kappa shape index (κ2) is 6.76. The summed E-state index contributed by atoms with van der Waals surface area (Å²) in [4.78, 5) is 14.9. The molecule has 1 aromatic heterocycles. The Morgan fingerprint density at radius 1 is 1.30 bits per heavy atom. The first kappa shape index (κ1) is 18.2. The van der Waals surface area contributed by atoms with Crippen molar-refractivity contribution in [2.24, 2.45) is 0 Å². The highest BCUT2D eigenvalue weighted by atomic mass is 32.2. The third-order valence-corrected chi connectivity index (χ3v) is 7.62. The first-order chi connectivity index (χ1) is 12.9. The molecule has 2 aliphatic rings. The van der Waals surface area contributed by atoms with Crippen LogP contribution in [0.15, 0.2) is 30.5 Å². The molecule has 0 aliphatic carbocycles. The van der Waals surface area contributed by atoms with Gasteiger partial charge in [0.2, 0.25) is 0 Å². The molecule has 1 aromatic carbocycles. The van der Waals surface area contributed by atoms with Gasteiger partial charge < -0.3 is 9.64 Å². The van der Waals surface area contributed by atoms with Gasteiger partial charge >= 0.3 is 0 Å². The van der Waals surface area contributed by atoms with Gasteiger partial charge in [0.1, 0.15) is 5.25 Å². The van der Waals surface area contributed by atoms with Crippen LogP contribution < -0.4 is 0 Å². The summed E-state index contributed by atoms with van der Waals surface area (Å²) in [5.41, 5.74) is 3.28. The van der Waals surface area contributed by atoms with E-state index in [1.807, 2.05) is 38.1 Å². The van der Waals surface area contributed by atoms with E-state index in [0.717, 1.165) is 16.9 Å². The maximum absolute atomic E-state index is 13.2. The van der Waals surface area contributed by atoms with Crippen LogP contribution in [-0.2, 0) is 14.6 Å². The van der Waals surface area contributed by atoms with Crippen molar-refractivity contribution < 1.29 is 17.9 Å². The summed E-state index contributed by atoms with van der Waals surface area (Å²) in [7, 11) is -3.22. The van der Waals surface area contributed by atoms with Gasteiger partial charge in [-0.1, -0.05) is 12.1 Å². The van der Waals surface area contributed by atoms with Crippen LogP contribution in [0.4, 0.5) is 0 Å². The van der Waals surface area contributed by atoms with Gasteiger partial charge in [-0.05, 0) is 38.0 Å². The van der Waals surface area contributed by atoms with E-state index >= 15 is 0 Å². The molecule has 27 heavy (non-hydrogen) atoms. The zero-order valence-electron chi connectivity index (χ0n) is 15.5. The van der Waals surface area contributed by atoms with Crippen molar-refractivity contribution in [2.45, 2.75) is 31.6 Å². The average Bonchev–Trinajstić information content (AvgIpc) is 3.03. The zero-order valence-corrected chi connectivity index (χ0v) is 16.3. The lowest BCUT2D eigenvalue weighted by Crippen LogP contribution is -2.60. The molecule has 0 saturated carbocycles. The summed E-state index contributed by atoms with van der Waals surface area (Å²) in [6.07, 6.45) is 2.12. The molecule has 0 bridgehead atoms. The predicted molar refractivity (Wildman–Crippen MR) is 101 cm³/mol. The lowest BCUT2D eigenvalue weighted by molar-refractivity contribution is 0.0293. The second-order valence-electron chi connectivity index (χ2n) is 7.23. The first-order valence-electron chi connectivity index (χ1n) is 9.10. The van der Waals surface area contributed by atoms with E-state index in [0.29, 0.717) is 18.6 Å². The maximum atomic E-state index is 13.2. The van der Waals surface area contributed by atoms with E-state index in [9.17, 15) is 13.2 Å². The van der Waals surface area contributed by atoms with Gasteiger partial charge in [0.25, 0.3) is 5.91 Å². The van der Waals surface area contributed by atoms with Gasteiger partial charge in [-0.15, -0.1) is 0 Å². The number of carbonyl (C=O) groups excluding carboxylic acids is 1. The number of aryl methyl sites for hydroxylation is 1. The van der Waals surface area contributed by atoms with Crippen molar-refractivity contribution in [3.05, 3.63) is 47.3 Å². The predicted octanol–water partition coefficient (Wildman–Crippen LogP) is 1.52. The highest BCUT2D eigenvalue weighted by molar-refractivity contribution is 7.92. The summed E-state index contributed by atoms with van der Waals surface area (Å²) in [5.74, 6) is -0.174. The Bertz CT molecular complexity index is 983. The van der Waals surface area contributed by atoms with E-state index in [1.165, 1.54) is 0 Å². The number of hydrogen-bond donors (Lipinski definition) is 0. The number of benzene rings is 1. The van der Waals surface area contributed by atoms with Gasteiger partial charge in [-0.2, -0.15) is 5.10 Å². The first-order valence-corrected chi connectivity index (χ1v) is 10.8. The van der Waals surface area contributed by atoms with Crippen LogP contribution in [0.3, 0.4) is 0 Å². The number of ether oxygens (including phenoxy) is 1. The van der Waals surface area contributed by atoms with E-state index in [2.05, 4.69) is 5.10 Å². The number of fused-ring (bicyclic) bond motifs is 1. The van der Waals surface area contributed by atoms with Crippen LogP contribution in [0.1, 0.15) is 28.0 Å². The number of nitrogens with zero attached hydrogens (tertiary/aromatic N) is 3. The van der Waals surface area contributed by atoms with Crippen LogP contribution >= 0.6 is 0 Å². The van der Waals surface area contributed by atoms with Crippen molar-refractivity contribution in [1.29, 1.82) is 0 Å². The van der Waals surface area contributed by atoms with Crippen molar-refractivity contribution in [1.82, 2.24) is 14.7 Å². The monoisotopic (exact) mass is 389 g/mol. The molecule has 144 valence electrons. The molecule has 3 heterocycles. The van der Waals surface area contributed by atoms with Gasteiger partial charge in [0.15, 0.2) is 9.84 Å². The van der Waals surface area contributed by atoms with Crippen LogP contribution in [0, 0.1) is 13.8 Å². The Labute approximate surface area is 158 Å². The fraction of sp³-hybridized carbons (Fsp3) is 0.474. The molecule has 8 heteroatoms. The molecule has 2 saturated heterocycles. The van der Waals surface area contributed by atoms with Crippen molar-refractivity contribution in [3.8, 4) is 5.69 Å². The number of amides is 1. The maximum Gasteiger partial charge on any atom is 0.257 e. The third kappa shape index (κ3) is 3.17. The third-order valence-electron chi connectivity index (χ3n) is 5.49. The zero-order chi connectivity index (χ0) is 19.2. The molecule has 4 rings (SSSR count). The largest absolute Gasteiger partial charge is 0.380 e. The molecule has 1 amide bonds. The van der Waals surface area contributed by atoms with Crippen LogP contribution in [0.25, 0.3) is 5.69 Å². The van der Waals surface area contributed by atoms with Gasteiger partial charge in [0, 0.05) is 13.2 Å². The molecule has 2 atom stereocenters. The molecule has 2 aliphatic heterocycles. The number of rotatable bonds is 2. The smallest absolute Gasteiger partial charge is 0.257 e. The molecule has 0 radical (unpaired) electrons. The van der Waals surface area contributed by atoms with E-state index in [1.54, 1.807) is 15.8 Å². The minimum atomic E-state index is -3.22. The normalized spacial score (nSPS) is 24.4. The minimum absolute atomic E-state index is 0.0195. The Morgan fingerprint density at radius 3 is 2.89 bits per heavy atom. The highest BCUT2D eigenvalue weighted by Gasteiger charge is 2.45. The van der Waals surface area contributed by atoms with Gasteiger partial charge in [0.05, 0.1) is 41.5 Å². The van der Waals surface area contributed by atoms with Gasteiger partial charge in [-0.3, -0.25) is 4.79 Å².